The third kappa shape index (κ3) is 2.90. The van der Waals surface area contributed by atoms with Gasteiger partial charge >= 0.3 is 0 Å². The van der Waals surface area contributed by atoms with Crippen LogP contribution < -0.4 is 5.43 Å². The Morgan fingerprint density at radius 2 is 1.42 bits per heavy atom. The molecule has 1 aromatic heterocycles. The molecule has 2 heterocycles. The van der Waals surface area contributed by atoms with Crippen molar-refractivity contribution in [1.29, 1.82) is 0 Å². The van der Waals surface area contributed by atoms with E-state index < -0.39 is 0 Å². The summed E-state index contributed by atoms with van der Waals surface area (Å²) in [5.74, 6) is 1.19. The van der Waals surface area contributed by atoms with E-state index in [1.165, 1.54) is 6.42 Å². The largest absolute Gasteiger partial charge is 0.341 e. The minimum Gasteiger partial charge on any atom is -0.341 e. The molecule has 1 fully saturated rings. The average Bonchev–Trinajstić information content (AvgIpc) is 2.64. The van der Waals surface area contributed by atoms with E-state index in [0.29, 0.717) is 22.6 Å². The number of pyridine rings is 1. The number of hydrogen-bond acceptors (Lipinski definition) is 2. The summed E-state index contributed by atoms with van der Waals surface area (Å²) in [7, 11) is 0. The number of likely N-dealkylation sites (tertiary alicyclic amines) is 1. The van der Waals surface area contributed by atoms with Crippen LogP contribution in [0.3, 0.4) is 0 Å². The van der Waals surface area contributed by atoms with Crippen LogP contribution in [0.2, 0.25) is 0 Å². The minimum absolute atomic E-state index is 0.0279. The van der Waals surface area contributed by atoms with Crippen LogP contribution in [0.15, 0.2) is 53.3 Å². The number of piperidine rings is 1. The van der Waals surface area contributed by atoms with Gasteiger partial charge in [-0.3, -0.25) is 9.59 Å². The van der Waals surface area contributed by atoms with Gasteiger partial charge in [-0.25, -0.2) is 0 Å². The van der Waals surface area contributed by atoms with Crippen molar-refractivity contribution in [2.75, 3.05) is 13.1 Å². The van der Waals surface area contributed by atoms with Crippen molar-refractivity contribution in [2.24, 2.45) is 11.8 Å². The molecule has 2 aromatic carbocycles. The van der Waals surface area contributed by atoms with E-state index in [1.54, 1.807) is 0 Å². The van der Waals surface area contributed by atoms with Crippen LogP contribution >= 0.6 is 0 Å². The number of fused-ring (bicyclic) bond motifs is 2. The monoisotopic (exact) mass is 348 g/mol. The van der Waals surface area contributed by atoms with Crippen molar-refractivity contribution in [3.63, 3.8) is 0 Å². The molecule has 4 nitrogen and oxygen atoms in total. The SMILES string of the molecule is CC1CC(C)CN(C(=O)Cn2c3ccccc3c(=O)c3ccccc32)C1. The standard InChI is InChI=1S/C22H24N2O2/c1-15-11-16(2)13-23(12-15)21(25)14-24-19-9-5-3-7-17(19)22(26)18-8-4-6-10-20(18)24/h3-10,15-16H,11-14H2,1-2H3. The second kappa shape index (κ2) is 6.60. The summed E-state index contributed by atoms with van der Waals surface area (Å²) in [6.45, 7) is 6.32. The number of nitrogens with zero attached hydrogens (tertiary/aromatic N) is 2. The summed E-state index contributed by atoms with van der Waals surface area (Å²) >= 11 is 0. The van der Waals surface area contributed by atoms with E-state index in [4.69, 9.17) is 0 Å². The smallest absolute Gasteiger partial charge is 0.242 e. The Morgan fingerprint density at radius 3 is 1.96 bits per heavy atom. The molecular weight excluding hydrogens is 324 g/mol. The molecule has 1 saturated heterocycles. The molecule has 134 valence electrons. The van der Waals surface area contributed by atoms with Gasteiger partial charge in [-0.05, 0) is 42.5 Å². The fourth-order valence-electron chi connectivity index (χ4n) is 4.35. The zero-order chi connectivity index (χ0) is 18.3. The highest BCUT2D eigenvalue weighted by Crippen LogP contribution is 2.23. The lowest BCUT2D eigenvalue weighted by Crippen LogP contribution is -2.44. The number of carbonyl (C=O) groups excluding carboxylic acids is 1. The van der Waals surface area contributed by atoms with Gasteiger partial charge in [0.15, 0.2) is 5.43 Å². The molecule has 2 unspecified atom stereocenters. The Morgan fingerprint density at radius 1 is 0.923 bits per heavy atom. The van der Waals surface area contributed by atoms with Crippen LogP contribution in [0.25, 0.3) is 21.8 Å². The second-order valence-electron chi connectivity index (χ2n) is 7.69. The number of para-hydroxylation sites is 2. The van der Waals surface area contributed by atoms with Crippen molar-refractivity contribution < 1.29 is 4.79 Å². The first-order valence-electron chi connectivity index (χ1n) is 9.32. The Labute approximate surface area is 153 Å². The molecule has 1 aliphatic rings. The Bertz CT molecular complexity index is 967. The lowest BCUT2D eigenvalue weighted by molar-refractivity contribution is -0.134. The van der Waals surface area contributed by atoms with Crippen LogP contribution in [0.4, 0.5) is 0 Å². The summed E-state index contributed by atoms with van der Waals surface area (Å²) in [5, 5.41) is 1.33. The number of benzene rings is 2. The summed E-state index contributed by atoms with van der Waals surface area (Å²) in [5.41, 5.74) is 1.67. The molecule has 4 rings (SSSR count). The summed E-state index contributed by atoms with van der Waals surface area (Å²) in [6.07, 6.45) is 1.17. The molecule has 3 aromatic rings. The van der Waals surface area contributed by atoms with Gasteiger partial charge in [0.1, 0.15) is 6.54 Å². The number of carbonyl (C=O) groups is 1. The zero-order valence-corrected chi connectivity index (χ0v) is 15.3. The van der Waals surface area contributed by atoms with Gasteiger partial charge in [-0.15, -0.1) is 0 Å². The first-order chi connectivity index (χ1) is 12.5. The molecule has 0 radical (unpaired) electrons. The first-order valence-corrected chi connectivity index (χ1v) is 9.32. The van der Waals surface area contributed by atoms with E-state index in [1.807, 2.05) is 58.0 Å². The van der Waals surface area contributed by atoms with Crippen molar-refractivity contribution in [1.82, 2.24) is 9.47 Å². The van der Waals surface area contributed by atoms with E-state index in [2.05, 4.69) is 13.8 Å². The van der Waals surface area contributed by atoms with Gasteiger partial charge < -0.3 is 9.47 Å². The number of amides is 1. The second-order valence-corrected chi connectivity index (χ2v) is 7.69. The lowest BCUT2D eigenvalue weighted by atomic mass is 9.92. The molecule has 2 atom stereocenters. The third-order valence-corrected chi connectivity index (χ3v) is 5.39. The van der Waals surface area contributed by atoms with Gasteiger partial charge in [0.25, 0.3) is 0 Å². The molecule has 0 saturated carbocycles. The van der Waals surface area contributed by atoms with Crippen molar-refractivity contribution in [3.05, 3.63) is 58.8 Å². The highest BCUT2D eigenvalue weighted by molar-refractivity contribution is 5.94. The Balaban J connectivity index is 1.81. The van der Waals surface area contributed by atoms with Crippen LogP contribution in [0.5, 0.6) is 0 Å². The molecule has 1 amide bonds. The molecule has 26 heavy (non-hydrogen) atoms. The number of hydrogen-bond donors (Lipinski definition) is 0. The third-order valence-electron chi connectivity index (χ3n) is 5.39. The number of aromatic nitrogens is 1. The lowest BCUT2D eigenvalue weighted by Gasteiger charge is -2.35. The molecule has 0 spiro atoms. The van der Waals surface area contributed by atoms with Crippen LogP contribution in [-0.2, 0) is 11.3 Å². The van der Waals surface area contributed by atoms with Crippen LogP contribution in [0, 0.1) is 11.8 Å². The van der Waals surface area contributed by atoms with Gasteiger partial charge in [-0.2, -0.15) is 0 Å². The highest BCUT2D eigenvalue weighted by atomic mass is 16.2. The quantitative estimate of drug-likeness (QED) is 0.663. The van der Waals surface area contributed by atoms with Crippen molar-refractivity contribution in [2.45, 2.75) is 26.8 Å². The molecule has 0 N–H and O–H groups in total. The molecular formula is C22H24N2O2. The predicted molar refractivity (Wildman–Crippen MR) is 105 cm³/mol. The molecule has 0 aliphatic carbocycles. The van der Waals surface area contributed by atoms with Gasteiger partial charge in [0.05, 0.1) is 11.0 Å². The van der Waals surface area contributed by atoms with Crippen LogP contribution in [0.1, 0.15) is 20.3 Å². The number of rotatable bonds is 2. The van der Waals surface area contributed by atoms with Crippen molar-refractivity contribution >= 4 is 27.7 Å². The topological polar surface area (TPSA) is 42.3 Å². The fourth-order valence-corrected chi connectivity index (χ4v) is 4.35. The molecule has 1 aliphatic heterocycles. The van der Waals surface area contributed by atoms with Gasteiger partial charge in [0, 0.05) is 23.9 Å². The maximum atomic E-state index is 13.1. The Hall–Kier alpha value is -2.62. The highest BCUT2D eigenvalue weighted by Gasteiger charge is 2.26. The normalized spacial score (nSPS) is 20.6. The van der Waals surface area contributed by atoms with Gasteiger partial charge in [0.2, 0.25) is 5.91 Å². The van der Waals surface area contributed by atoms with Crippen LogP contribution in [-0.4, -0.2) is 28.5 Å². The minimum atomic E-state index is 0.0279. The van der Waals surface area contributed by atoms with E-state index >= 15 is 0 Å². The van der Waals surface area contributed by atoms with Crippen molar-refractivity contribution in [3.8, 4) is 0 Å². The summed E-state index contributed by atoms with van der Waals surface area (Å²) < 4.78 is 2.00. The van der Waals surface area contributed by atoms with Gasteiger partial charge in [-0.1, -0.05) is 38.1 Å². The van der Waals surface area contributed by atoms with E-state index in [0.717, 1.165) is 24.1 Å². The summed E-state index contributed by atoms with van der Waals surface area (Å²) in [6, 6.07) is 15.1. The van der Waals surface area contributed by atoms with E-state index in [9.17, 15) is 9.59 Å². The fraction of sp³-hybridized carbons (Fsp3) is 0.364. The molecule has 4 heteroatoms. The first kappa shape index (κ1) is 16.8. The Kier molecular flexibility index (Phi) is 4.27. The average molecular weight is 348 g/mol. The maximum Gasteiger partial charge on any atom is 0.242 e. The van der Waals surface area contributed by atoms with E-state index in [-0.39, 0.29) is 17.9 Å². The zero-order valence-electron chi connectivity index (χ0n) is 15.3. The maximum absolute atomic E-state index is 13.1. The predicted octanol–water partition coefficient (Wildman–Crippen LogP) is 3.66. The molecule has 0 bridgehead atoms. The summed E-state index contributed by atoms with van der Waals surface area (Å²) in [4.78, 5) is 27.8.